The van der Waals surface area contributed by atoms with Crippen molar-refractivity contribution in [3.05, 3.63) is 60.3 Å². The van der Waals surface area contributed by atoms with E-state index in [4.69, 9.17) is 5.73 Å². The molecule has 0 unspecified atom stereocenters. The number of rotatable bonds is 4. The van der Waals surface area contributed by atoms with E-state index in [1.807, 2.05) is 66.9 Å². The van der Waals surface area contributed by atoms with Gasteiger partial charge in [0.15, 0.2) is 0 Å². The van der Waals surface area contributed by atoms with Crippen LogP contribution >= 0.6 is 23.9 Å². The number of nitrogens with two attached hydrogens (primary N) is 1. The SMILES string of the molecule is CSc1cc(CN)ccn1.O=S1CCN(SN2CCCC2)CC1.c1ccccc1. The lowest BCUT2D eigenvalue weighted by molar-refractivity contribution is 0.469. The van der Waals surface area contributed by atoms with E-state index in [-0.39, 0.29) is 0 Å². The minimum atomic E-state index is -0.538. The lowest BCUT2D eigenvalue weighted by atomic mass is 10.3. The van der Waals surface area contributed by atoms with Gasteiger partial charge in [0, 0.05) is 73.4 Å². The molecule has 0 aliphatic carbocycles. The Labute approximate surface area is 186 Å². The van der Waals surface area contributed by atoms with Crippen molar-refractivity contribution in [3.63, 3.8) is 0 Å². The van der Waals surface area contributed by atoms with E-state index in [1.54, 1.807) is 18.0 Å². The summed E-state index contributed by atoms with van der Waals surface area (Å²) in [7, 11) is -0.538. The first-order valence-electron chi connectivity index (χ1n) is 9.93. The van der Waals surface area contributed by atoms with Crippen molar-refractivity contribution in [2.75, 3.05) is 43.9 Å². The Bertz CT molecular complexity index is 643. The first kappa shape index (κ1) is 24.4. The highest BCUT2D eigenvalue weighted by molar-refractivity contribution is 7.98. The molecule has 0 atom stereocenters. The third kappa shape index (κ3) is 10.6. The van der Waals surface area contributed by atoms with Crippen molar-refractivity contribution < 1.29 is 4.21 Å². The van der Waals surface area contributed by atoms with Crippen molar-refractivity contribution in [1.29, 1.82) is 0 Å². The molecule has 160 valence electrons. The van der Waals surface area contributed by atoms with Gasteiger partial charge in [-0.15, -0.1) is 11.8 Å². The monoisotopic (exact) mass is 452 g/mol. The largest absolute Gasteiger partial charge is 0.326 e. The van der Waals surface area contributed by atoms with Gasteiger partial charge in [0.25, 0.3) is 0 Å². The second-order valence-corrected chi connectivity index (χ2v) is 10.3. The minimum absolute atomic E-state index is 0.538. The number of hydrogen-bond donors (Lipinski definition) is 1. The molecule has 0 bridgehead atoms. The molecular formula is C21H32N4OS3. The van der Waals surface area contributed by atoms with Crippen LogP contribution in [0.3, 0.4) is 0 Å². The number of aromatic nitrogens is 1. The molecule has 2 saturated heterocycles. The number of benzene rings is 1. The van der Waals surface area contributed by atoms with Crippen LogP contribution in [-0.4, -0.2) is 61.7 Å². The average molecular weight is 453 g/mol. The van der Waals surface area contributed by atoms with E-state index >= 15 is 0 Å². The summed E-state index contributed by atoms with van der Waals surface area (Å²) in [5.41, 5.74) is 6.57. The molecule has 2 aliphatic heterocycles. The highest BCUT2D eigenvalue weighted by Crippen LogP contribution is 2.22. The van der Waals surface area contributed by atoms with E-state index in [0.717, 1.165) is 35.2 Å². The van der Waals surface area contributed by atoms with Gasteiger partial charge in [-0.25, -0.2) is 13.6 Å². The van der Waals surface area contributed by atoms with E-state index in [2.05, 4.69) is 13.6 Å². The third-order valence-corrected chi connectivity index (χ3v) is 7.45. The van der Waals surface area contributed by atoms with Crippen molar-refractivity contribution >= 4 is 34.7 Å². The Morgan fingerprint density at radius 2 is 1.55 bits per heavy atom. The zero-order valence-corrected chi connectivity index (χ0v) is 19.6. The van der Waals surface area contributed by atoms with Crippen molar-refractivity contribution in [2.45, 2.75) is 24.4 Å². The van der Waals surface area contributed by atoms with Gasteiger partial charge < -0.3 is 5.73 Å². The molecule has 2 aromatic rings. The molecule has 0 amide bonds. The van der Waals surface area contributed by atoms with Gasteiger partial charge in [-0.2, -0.15) is 0 Å². The lowest BCUT2D eigenvalue weighted by Crippen LogP contribution is -2.35. The fourth-order valence-electron chi connectivity index (χ4n) is 2.71. The fraction of sp³-hybridized carbons (Fsp3) is 0.476. The molecule has 2 N–H and O–H groups in total. The normalized spacial score (nSPS) is 17.7. The Morgan fingerprint density at radius 1 is 1.00 bits per heavy atom. The topological polar surface area (TPSA) is 62.5 Å². The van der Waals surface area contributed by atoms with Gasteiger partial charge in [-0.05, 0) is 36.8 Å². The summed E-state index contributed by atoms with van der Waals surface area (Å²) >= 11 is 3.49. The predicted molar refractivity (Wildman–Crippen MR) is 128 cm³/mol. The quantitative estimate of drug-likeness (QED) is 0.561. The number of hydrogen-bond acceptors (Lipinski definition) is 7. The minimum Gasteiger partial charge on any atom is -0.326 e. The summed E-state index contributed by atoms with van der Waals surface area (Å²) in [5, 5.41) is 1.03. The summed E-state index contributed by atoms with van der Waals surface area (Å²) in [4.78, 5) is 4.11. The molecule has 0 radical (unpaired) electrons. The van der Waals surface area contributed by atoms with Crippen LogP contribution in [0.2, 0.25) is 0 Å². The Kier molecular flexibility index (Phi) is 12.6. The second kappa shape index (κ2) is 15.0. The van der Waals surface area contributed by atoms with Crippen LogP contribution in [0.5, 0.6) is 0 Å². The maximum absolute atomic E-state index is 11.1. The average Bonchev–Trinajstić information content (AvgIpc) is 3.30. The number of thioether (sulfide) groups is 1. The second-order valence-electron chi connectivity index (χ2n) is 6.56. The van der Waals surface area contributed by atoms with Gasteiger partial charge in [0.2, 0.25) is 0 Å². The molecule has 29 heavy (non-hydrogen) atoms. The van der Waals surface area contributed by atoms with E-state index in [9.17, 15) is 4.21 Å². The summed E-state index contributed by atoms with van der Waals surface area (Å²) < 4.78 is 15.9. The predicted octanol–water partition coefficient (Wildman–Crippen LogP) is 3.66. The number of pyridine rings is 1. The molecule has 4 rings (SSSR count). The molecule has 3 heterocycles. The zero-order chi connectivity index (χ0) is 20.7. The smallest absolute Gasteiger partial charge is 0.0960 e. The maximum Gasteiger partial charge on any atom is 0.0960 e. The molecule has 0 spiro atoms. The van der Waals surface area contributed by atoms with Gasteiger partial charge in [0.1, 0.15) is 0 Å². The number of nitrogens with zero attached hydrogens (tertiary/aromatic N) is 3. The van der Waals surface area contributed by atoms with Gasteiger partial charge >= 0.3 is 0 Å². The van der Waals surface area contributed by atoms with Crippen molar-refractivity contribution in [3.8, 4) is 0 Å². The molecule has 1 aromatic carbocycles. The van der Waals surface area contributed by atoms with Crippen LogP contribution in [0.1, 0.15) is 18.4 Å². The zero-order valence-electron chi connectivity index (χ0n) is 17.1. The van der Waals surface area contributed by atoms with Crippen molar-refractivity contribution in [1.82, 2.24) is 13.6 Å². The standard InChI is InChI=1S/C8H16N2OS2.C7H10N2S.C6H6/c11-13-7-5-10(6-8-13)12-9-3-1-2-4-9;1-10-7-4-6(5-8)2-3-9-7;1-2-4-6-5-3-1/h1-8H2;2-4H,5,8H2,1H3;1-6H. The molecule has 5 nitrogen and oxygen atoms in total. The Hall–Kier alpha value is -0.900. The summed E-state index contributed by atoms with van der Waals surface area (Å²) in [6.07, 6.45) is 6.47. The maximum atomic E-state index is 11.1. The Morgan fingerprint density at radius 3 is 2.07 bits per heavy atom. The van der Waals surface area contributed by atoms with E-state index in [1.165, 1.54) is 25.9 Å². The third-order valence-electron chi connectivity index (χ3n) is 4.34. The van der Waals surface area contributed by atoms with Crippen LogP contribution in [0, 0.1) is 0 Å². The van der Waals surface area contributed by atoms with Crippen LogP contribution in [0.25, 0.3) is 0 Å². The summed E-state index contributed by atoms with van der Waals surface area (Å²) in [6.45, 7) is 5.03. The van der Waals surface area contributed by atoms with Gasteiger partial charge in [-0.3, -0.25) is 4.21 Å². The van der Waals surface area contributed by atoms with Gasteiger partial charge in [-0.1, -0.05) is 36.4 Å². The van der Waals surface area contributed by atoms with Crippen LogP contribution in [0.4, 0.5) is 0 Å². The Balaban J connectivity index is 0.000000166. The highest BCUT2D eigenvalue weighted by atomic mass is 32.2. The summed E-state index contributed by atoms with van der Waals surface area (Å²) in [6, 6.07) is 15.9. The highest BCUT2D eigenvalue weighted by Gasteiger charge is 2.20. The molecule has 2 aliphatic rings. The molecular weight excluding hydrogens is 420 g/mol. The van der Waals surface area contributed by atoms with E-state index in [0.29, 0.717) is 6.54 Å². The molecule has 0 saturated carbocycles. The van der Waals surface area contributed by atoms with Gasteiger partial charge in [0.05, 0.1) is 5.03 Å². The first-order valence-corrected chi connectivity index (χ1v) is 13.4. The first-order chi connectivity index (χ1) is 14.2. The van der Waals surface area contributed by atoms with Crippen LogP contribution < -0.4 is 5.73 Å². The molecule has 8 heteroatoms. The fourth-order valence-corrected chi connectivity index (χ4v) is 5.52. The van der Waals surface area contributed by atoms with Crippen LogP contribution in [0.15, 0.2) is 59.8 Å². The molecule has 2 fully saturated rings. The van der Waals surface area contributed by atoms with Crippen LogP contribution in [-0.2, 0) is 17.3 Å². The molecule has 1 aromatic heterocycles. The summed E-state index contributed by atoms with van der Waals surface area (Å²) in [5.74, 6) is 1.72. The lowest BCUT2D eigenvalue weighted by Gasteiger charge is -2.28. The van der Waals surface area contributed by atoms with Crippen molar-refractivity contribution in [2.24, 2.45) is 5.73 Å². The van der Waals surface area contributed by atoms with E-state index < -0.39 is 10.8 Å².